The number of hydrogen-bond donors (Lipinski definition) is 2. The Labute approximate surface area is 204 Å². The molecule has 3 atom stereocenters. The molecule has 0 radical (unpaired) electrons. The number of carbonyl (C=O) groups is 1. The molecule has 2 aromatic carbocycles. The number of rotatable bonds is 7. The average Bonchev–Trinajstić information content (AvgIpc) is 3.60. The van der Waals surface area contributed by atoms with E-state index in [1.54, 1.807) is 6.07 Å². The summed E-state index contributed by atoms with van der Waals surface area (Å²) in [5.74, 6) is 0.466. The van der Waals surface area contributed by atoms with Crippen molar-refractivity contribution in [2.75, 3.05) is 31.0 Å². The summed E-state index contributed by atoms with van der Waals surface area (Å²) in [5, 5.41) is 9.28. The van der Waals surface area contributed by atoms with E-state index >= 15 is 0 Å². The summed E-state index contributed by atoms with van der Waals surface area (Å²) in [6, 6.07) is 6.90. The van der Waals surface area contributed by atoms with E-state index in [9.17, 15) is 22.7 Å². The normalized spacial score (nSPS) is 23.5. The highest BCUT2D eigenvalue weighted by molar-refractivity contribution is 7.92. The number of sulfonamides is 1. The van der Waals surface area contributed by atoms with E-state index in [1.807, 2.05) is 0 Å². The van der Waals surface area contributed by atoms with Crippen LogP contribution in [0, 0.1) is 17.7 Å². The Morgan fingerprint density at radius 1 is 1.31 bits per heavy atom. The molecule has 5 rings (SSSR count). The Morgan fingerprint density at radius 2 is 2.14 bits per heavy atom. The van der Waals surface area contributed by atoms with Gasteiger partial charge in [-0.25, -0.2) is 17.6 Å². The van der Waals surface area contributed by atoms with Gasteiger partial charge in [-0.05, 0) is 80.4 Å². The number of piperidine rings is 1. The number of fused-ring (bicyclic) bond motifs is 3. The number of carboxylic acid groups (broad SMARTS) is 1. The van der Waals surface area contributed by atoms with Crippen LogP contribution in [-0.2, 0) is 16.4 Å². The summed E-state index contributed by atoms with van der Waals surface area (Å²) < 4.78 is 54.4. The second kappa shape index (κ2) is 9.31. The first kappa shape index (κ1) is 23.9. The van der Waals surface area contributed by atoms with Crippen LogP contribution in [0.2, 0.25) is 0 Å². The lowest BCUT2D eigenvalue weighted by Crippen LogP contribution is -2.36. The van der Waals surface area contributed by atoms with E-state index in [-0.39, 0.29) is 33.9 Å². The third-order valence-corrected chi connectivity index (χ3v) is 8.68. The number of likely N-dealkylation sites (tertiary alicyclic amines) is 1. The summed E-state index contributed by atoms with van der Waals surface area (Å²) in [5.41, 5.74) is 1.19. The van der Waals surface area contributed by atoms with E-state index in [1.165, 1.54) is 18.2 Å². The molecule has 35 heavy (non-hydrogen) atoms. The van der Waals surface area contributed by atoms with Gasteiger partial charge in [0.1, 0.15) is 5.82 Å². The molecule has 3 aliphatic rings. The number of benzene rings is 2. The van der Waals surface area contributed by atoms with Gasteiger partial charge in [-0.3, -0.25) is 4.72 Å². The molecule has 0 bridgehead atoms. The molecular formula is C25H29FN2O6S. The van der Waals surface area contributed by atoms with Gasteiger partial charge >= 0.3 is 6.16 Å². The highest BCUT2D eigenvalue weighted by Gasteiger charge is 2.45. The molecule has 10 heteroatoms. The number of ether oxygens (including phenoxy) is 2. The van der Waals surface area contributed by atoms with Crippen LogP contribution in [-0.4, -0.2) is 50.8 Å². The highest BCUT2D eigenvalue weighted by Crippen LogP contribution is 2.57. The zero-order valence-corrected chi connectivity index (χ0v) is 20.3. The summed E-state index contributed by atoms with van der Waals surface area (Å²) >= 11 is 0. The lowest BCUT2D eigenvalue weighted by atomic mass is 9.91. The smallest absolute Gasteiger partial charge is 0.489 e. The van der Waals surface area contributed by atoms with Crippen molar-refractivity contribution in [2.24, 2.45) is 11.8 Å². The zero-order valence-electron chi connectivity index (χ0n) is 19.5. The van der Waals surface area contributed by atoms with Crippen LogP contribution in [0.3, 0.4) is 0 Å². The van der Waals surface area contributed by atoms with Gasteiger partial charge in [-0.2, -0.15) is 0 Å². The van der Waals surface area contributed by atoms with Gasteiger partial charge in [0.05, 0.1) is 17.2 Å². The van der Waals surface area contributed by atoms with E-state index in [0.29, 0.717) is 24.5 Å². The van der Waals surface area contributed by atoms with Crippen LogP contribution >= 0.6 is 0 Å². The average molecular weight is 505 g/mol. The predicted octanol–water partition coefficient (Wildman–Crippen LogP) is 4.45. The van der Waals surface area contributed by atoms with Crippen molar-refractivity contribution < 1.29 is 32.2 Å². The van der Waals surface area contributed by atoms with Crippen molar-refractivity contribution in [1.29, 1.82) is 0 Å². The SMILES string of the molecule is CCN1CCCC(Cc2cc(F)ccc2S(=O)(=O)Nc2ccc3c(c2OC(=O)O)OC[C@@H]2C[C@H]32)C1. The Kier molecular flexibility index (Phi) is 6.35. The largest absolute Gasteiger partial charge is 0.511 e. The molecule has 2 fully saturated rings. The van der Waals surface area contributed by atoms with Gasteiger partial charge in [0.2, 0.25) is 5.75 Å². The maximum absolute atomic E-state index is 14.2. The standard InChI is InChI=1S/C25H29FN2O6S/c1-2-28-9-3-4-15(13-28)10-16-11-18(26)5-8-22(16)35(31,32)27-21-7-6-19-20-12-17(20)14-33-23(19)24(21)34-25(29)30/h5-8,11,15,17,20,27H,2-4,9-10,12-14H2,1H3,(H,29,30)/t15?,17-,20-/m0/s1. The number of halogens is 1. The molecule has 2 aromatic rings. The first-order valence-electron chi connectivity index (χ1n) is 12.0. The van der Waals surface area contributed by atoms with E-state index < -0.39 is 22.0 Å². The molecule has 1 saturated heterocycles. The number of nitrogens with one attached hydrogen (secondary N) is 1. The van der Waals surface area contributed by atoms with Crippen LogP contribution in [0.4, 0.5) is 14.9 Å². The van der Waals surface area contributed by atoms with Gasteiger partial charge in [0, 0.05) is 18.0 Å². The van der Waals surface area contributed by atoms with Crippen molar-refractivity contribution in [2.45, 2.75) is 43.4 Å². The monoisotopic (exact) mass is 504 g/mol. The highest BCUT2D eigenvalue weighted by atomic mass is 32.2. The second-order valence-corrected chi connectivity index (χ2v) is 11.3. The summed E-state index contributed by atoms with van der Waals surface area (Å²) in [7, 11) is -4.18. The molecule has 0 aromatic heterocycles. The van der Waals surface area contributed by atoms with Crippen molar-refractivity contribution in [3.8, 4) is 11.5 Å². The fraction of sp³-hybridized carbons (Fsp3) is 0.480. The third-order valence-electron chi connectivity index (χ3n) is 7.21. The molecule has 1 aliphatic carbocycles. The van der Waals surface area contributed by atoms with Gasteiger partial charge in [0.15, 0.2) is 5.75 Å². The molecule has 2 aliphatic heterocycles. The summed E-state index contributed by atoms with van der Waals surface area (Å²) in [4.78, 5) is 13.7. The van der Waals surface area contributed by atoms with Gasteiger partial charge < -0.3 is 19.5 Å². The Morgan fingerprint density at radius 3 is 2.91 bits per heavy atom. The molecule has 188 valence electrons. The first-order valence-corrected chi connectivity index (χ1v) is 13.5. The predicted molar refractivity (Wildman–Crippen MR) is 127 cm³/mol. The van der Waals surface area contributed by atoms with Crippen molar-refractivity contribution >= 4 is 21.9 Å². The second-order valence-electron chi connectivity index (χ2n) is 9.60. The molecule has 2 heterocycles. The van der Waals surface area contributed by atoms with Crippen LogP contribution in [0.5, 0.6) is 11.5 Å². The molecular weight excluding hydrogens is 475 g/mol. The third kappa shape index (κ3) is 4.95. The van der Waals surface area contributed by atoms with Gasteiger partial charge in [0.25, 0.3) is 10.0 Å². The van der Waals surface area contributed by atoms with Crippen molar-refractivity contribution in [3.05, 3.63) is 47.3 Å². The maximum Gasteiger partial charge on any atom is 0.511 e. The minimum atomic E-state index is -4.18. The molecule has 0 amide bonds. The van der Waals surface area contributed by atoms with E-state index in [4.69, 9.17) is 9.47 Å². The summed E-state index contributed by atoms with van der Waals surface area (Å²) in [6.07, 6.45) is 1.77. The summed E-state index contributed by atoms with van der Waals surface area (Å²) in [6.45, 7) is 5.29. The molecule has 1 saturated carbocycles. The maximum atomic E-state index is 14.2. The van der Waals surface area contributed by atoms with Gasteiger partial charge in [-0.1, -0.05) is 13.0 Å². The zero-order chi connectivity index (χ0) is 24.7. The van der Waals surface area contributed by atoms with Crippen molar-refractivity contribution in [1.82, 2.24) is 4.90 Å². The number of anilines is 1. The Balaban J connectivity index is 1.46. The lowest BCUT2D eigenvalue weighted by molar-refractivity contribution is 0.141. The Bertz CT molecular complexity index is 1250. The minimum absolute atomic E-state index is 0.0321. The topological polar surface area (TPSA) is 105 Å². The fourth-order valence-corrected chi connectivity index (χ4v) is 6.67. The number of nitrogens with zero attached hydrogens (tertiary/aromatic N) is 1. The van der Waals surface area contributed by atoms with E-state index in [0.717, 1.165) is 50.5 Å². The van der Waals surface area contributed by atoms with Crippen molar-refractivity contribution in [3.63, 3.8) is 0 Å². The minimum Gasteiger partial charge on any atom is -0.489 e. The van der Waals surface area contributed by atoms with Gasteiger partial charge in [-0.15, -0.1) is 0 Å². The van der Waals surface area contributed by atoms with Crippen LogP contribution < -0.4 is 14.2 Å². The number of hydrogen-bond acceptors (Lipinski definition) is 6. The first-order chi connectivity index (χ1) is 16.7. The Hall–Kier alpha value is -2.85. The molecule has 0 spiro atoms. The van der Waals surface area contributed by atoms with Crippen LogP contribution in [0.25, 0.3) is 0 Å². The van der Waals surface area contributed by atoms with Crippen LogP contribution in [0.15, 0.2) is 35.2 Å². The molecule has 2 N–H and O–H groups in total. The van der Waals surface area contributed by atoms with Crippen LogP contribution in [0.1, 0.15) is 43.2 Å². The van der Waals surface area contributed by atoms with E-state index in [2.05, 4.69) is 16.5 Å². The lowest BCUT2D eigenvalue weighted by Gasteiger charge is -2.32. The quantitative estimate of drug-likeness (QED) is 0.424. The fourth-order valence-electron chi connectivity index (χ4n) is 5.38. The molecule has 8 nitrogen and oxygen atoms in total. The molecule has 1 unspecified atom stereocenters.